The molecule has 1 atom stereocenters. The number of aryl methyl sites for hydroxylation is 1. The van der Waals surface area contributed by atoms with Crippen molar-refractivity contribution in [1.82, 2.24) is 10.2 Å². The molecule has 0 saturated heterocycles. The van der Waals surface area contributed by atoms with Crippen LogP contribution in [0.4, 0.5) is 4.79 Å². The number of fused-ring (bicyclic) bond motifs is 1. The summed E-state index contributed by atoms with van der Waals surface area (Å²) in [5, 5.41) is 13.8. The molecule has 2 N–H and O–H groups in total. The molecule has 7 heteroatoms. The number of amides is 1. The SMILES string of the molecule is CCOC(CN(CCCc1ccccc1)CC(NC(=O)O)C(=O)c1cccc2ccccc12)OCC. The lowest BCUT2D eigenvalue weighted by Crippen LogP contribution is -2.50. The van der Waals surface area contributed by atoms with E-state index >= 15 is 0 Å². The van der Waals surface area contributed by atoms with E-state index in [-0.39, 0.29) is 12.3 Å². The number of benzene rings is 3. The molecule has 0 aromatic heterocycles. The quantitative estimate of drug-likeness (QED) is 0.230. The number of ketones is 1. The van der Waals surface area contributed by atoms with Crippen LogP contribution in [0.1, 0.15) is 36.2 Å². The number of rotatable bonds is 15. The van der Waals surface area contributed by atoms with Gasteiger partial charge in [-0.2, -0.15) is 0 Å². The van der Waals surface area contributed by atoms with Crippen LogP contribution in [0, 0.1) is 0 Å². The Morgan fingerprint density at radius 1 is 0.889 bits per heavy atom. The first-order chi connectivity index (χ1) is 17.5. The number of nitrogens with one attached hydrogen (secondary N) is 1. The van der Waals surface area contributed by atoms with E-state index < -0.39 is 18.4 Å². The highest BCUT2D eigenvalue weighted by Crippen LogP contribution is 2.20. The molecular formula is C29H36N2O5. The molecule has 3 rings (SSSR count). The topological polar surface area (TPSA) is 88.1 Å². The van der Waals surface area contributed by atoms with Gasteiger partial charge >= 0.3 is 6.09 Å². The molecule has 0 aliphatic heterocycles. The summed E-state index contributed by atoms with van der Waals surface area (Å²) >= 11 is 0. The van der Waals surface area contributed by atoms with Crippen LogP contribution in [0.25, 0.3) is 10.8 Å². The van der Waals surface area contributed by atoms with Crippen molar-refractivity contribution in [2.24, 2.45) is 0 Å². The lowest BCUT2D eigenvalue weighted by Gasteiger charge is -2.30. The number of hydrogen-bond acceptors (Lipinski definition) is 5. The summed E-state index contributed by atoms with van der Waals surface area (Å²) in [6.07, 6.45) is 0.0235. The number of carbonyl (C=O) groups excluding carboxylic acids is 1. The second-order valence-corrected chi connectivity index (χ2v) is 8.58. The van der Waals surface area contributed by atoms with Gasteiger partial charge in [0.25, 0.3) is 0 Å². The molecule has 36 heavy (non-hydrogen) atoms. The van der Waals surface area contributed by atoms with Crippen LogP contribution in [-0.2, 0) is 15.9 Å². The molecule has 1 amide bonds. The second-order valence-electron chi connectivity index (χ2n) is 8.58. The van der Waals surface area contributed by atoms with Crippen molar-refractivity contribution in [3.05, 3.63) is 83.9 Å². The molecule has 0 heterocycles. The molecule has 3 aromatic carbocycles. The van der Waals surface area contributed by atoms with Crippen molar-refractivity contribution in [3.8, 4) is 0 Å². The Hall–Kier alpha value is -3.26. The zero-order valence-corrected chi connectivity index (χ0v) is 21.1. The first kappa shape index (κ1) is 27.3. The number of hydrogen-bond donors (Lipinski definition) is 2. The monoisotopic (exact) mass is 492 g/mol. The zero-order valence-electron chi connectivity index (χ0n) is 21.1. The van der Waals surface area contributed by atoms with Crippen LogP contribution >= 0.6 is 0 Å². The van der Waals surface area contributed by atoms with Crippen LogP contribution in [0.5, 0.6) is 0 Å². The van der Waals surface area contributed by atoms with Crippen molar-refractivity contribution < 1.29 is 24.2 Å². The van der Waals surface area contributed by atoms with E-state index in [0.717, 1.165) is 23.6 Å². The van der Waals surface area contributed by atoms with Crippen LogP contribution in [0.3, 0.4) is 0 Å². The highest BCUT2D eigenvalue weighted by Gasteiger charge is 2.27. The van der Waals surface area contributed by atoms with Gasteiger partial charge in [-0.15, -0.1) is 0 Å². The third-order valence-corrected chi connectivity index (χ3v) is 6.01. The van der Waals surface area contributed by atoms with E-state index in [9.17, 15) is 14.7 Å². The van der Waals surface area contributed by atoms with E-state index in [1.165, 1.54) is 5.56 Å². The summed E-state index contributed by atoms with van der Waals surface area (Å²) < 4.78 is 11.5. The van der Waals surface area contributed by atoms with Crippen molar-refractivity contribution in [2.45, 2.75) is 39.0 Å². The molecule has 192 valence electrons. The van der Waals surface area contributed by atoms with Crippen molar-refractivity contribution in [2.75, 3.05) is 32.8 Å². The molecule has 0 bridgehead atoms. The molecule has 0 aliphatic rings. The Labute approximate surface area is 213 Å². The van der Waals surface area contributed by atoms with Gasteiger partial charge in [-0.05, 0) is 49.6 Å². The molecule has 0 saturated carbocycles. The minimum Gasteiger partial charge on any atom is -0.465 e. The van der Waals surface area contributed by atoms with Crippen molar-refractivity contribution >= 4 is 22.6 Å². The molecule has 0 spiro atoms. The summed E-state index contributed by atoms with van der Waals surface area (Å²) in [4.78, 5) is 27.4. The Bertz CT molecular complexity index is 1090. The molecule has 7 nitrogen and oxygen atoms in total. The number of carboxylic acid groups (broad SMARTS) is 1. The maximum Gasteiger partial charge on any atom is 0.405 e. The fourth-order valence-corrected chi connectivity index (χ4v) is 4.37. The smallest absolute Gasteiger partial charge is 0.405 e. The predicted molar refractivity (Wildman–Crippen MR) is 141 cm³/mol. The number of nitrogens with zero attached hydrogens (tertiary/aromatic N) is 1. The van der Waals surface area contributed by atoms with Gasteiger partial charge in [-0.25, -0.2) is 4.79 Å². The average Bonchev–Trinajstić information content (AvgIpc) is 2.88. The molecule has 0 fully saturated rings. The standard InChI is InChI=1S/C29H36N2O5/c1-3-35-27(36-4-2)21-31(19-11-14-22-12-6-5-7-13-22)20-26(30-29(33)34)28(32)25-18-10-16-23-15-8-9-17-24(23)25/h5-10,12-13,15-18,26-27,30H,3-4,11,14,19-21H2,1-2H3,(H,33,34). The zero-order chi connectivity index (χ0) is 25.8. The first-order valence-corrected chi connectivity index (χ1v) is 12.5. The Morgan fingerprint density at radius 3 is 2.25 bits per heavy atom. The lowest BCUT2D eigenvalue weighted by atomic mass is 9.97. The predicted octanol–water partition coefficient (Wildman–Crippen LogP) is 4.99. The number of carbonyl (C=O) groups is 2. The molecular weight excluding hydrogens is 456 g/mol. The Morgan fingerprint density at radius 2 is 1.56 bits per heavy atom. The van der Waals surface area contributed by atoms with E-state index in [0.29, 0.717) is 31.9 Å². The second kappa shape index (κ2) is 14.3. The number of Topliss-reactive ketones (excluding diaryl/α,β-unsaturated/α-hetero) is 1. The average molecular weight is 493 g/mol. The lowest BCUT2D eigenvalue weighted by molar-refractivity contribution is -0.147. The van der Waals surface area contributed by atoms with E-state index in [4.69, 9.17) is 9.47 Å². The fraction of sp³-hybridized carbons (Fsp3) is 0.379. The minimum atomic E-state index is -1.23. The largest absolute Gasteiger partial charge is 0.465 e. The van der Waals surface area contributed by atoms with Gasteiger partial charge in [0, 0.05) is 31.9 Å². The normalized spacial score (nSPS) is 12.2. The fourth-order valence-electron chi connectivity index (χ4n) is 4.37. The van der Waals surface area contributed by atoms with E-state index in [1.807, 2.05) is 68.4 Å². The third kappa shape index (κ3) is 8.16. The summed E-state index contributed by atoms with van der Waals surface area (Å²) in [5.41, 5.74) is 1.73. The summed E-state index contributed by atoms with van der Waals surface area (Å²) in [5.74, 6) is -0.258. The molecule has 1 unspecified atom stereocenters. The van der Waals surface area contributed by atoms with Crippen molar-refractivity contribution in [3.63, 3.8) is 0 Å². The van der Waals surface area contributed by atoms with E-state index in [2.05, 4.69) is 22.3 Å². The third-order valence-electron chi connectivity index (χ3n) is 6.01. The van der Waals surface area contributed by atoms with Gasteiger partial charge in [0.15, 0.2) is 12.1 Å². The summed E-state index contributed by atoms with van der Waals surface area (Å²) in [6, 6.07) is 22.4. The highest BCUT2D eigenvalue weighted by molar-refractivity contribution is 6.11. The van der Waals surface area contributed by atoms with Crippen molar-refractivity contribution in [1.29, 1.82) is 0 Å². The Kier molecular flexibility index (Phi) is 10.9. The van der Waals surface area contributed by atoms with E-state index in [1.54, 1.807) is 6.07 Å². The summed E-state index contributed by atoms with van der Waals surface area (Å²) in [6.45, 7) is 6.10. The maximum atomic E-state index is 13.6. The minimum absolute atomic E-state index is 0.208. The van der Waals surface area contributed by atoms with Gasteiger partial charge in [-0.3, -0.25) is 9.69 Å². The molecule has 0 radical (unpaired) electrons. The van der Waals surface area contributed by atoms with Gasteiger partial charge in [0.1, 0.15) is 6.04 Å². The van der Waals surface area contributed by atoms with Gasteiger partial charge in [0.2, 0.25) is 0 Å². The van der Waals surface area contributed by atoms with Crippen LogP contribution in [0.2, 0.25) is 0 Å². The molecule has 0 aliphatic carbocycles. The van der Waals surface area contributed by atoms with Crippen LogP contribution < -0.4 is 5.32 Å². The van der Waals surface area contributed by atoms with Crippen LogP contribution in [-0.4, -0.2) is 67.1 Å². The highest BCUT2D eigenvalue weighted by atomic mass is 16.7. The number of ether oxygens (including phenoxy) is 2. The maximum absolute atomic E-state index is 13.6. The molecule has 3 aromatic rings. The summed E-state index contributed by atoms with van der Waals surface area (Å²) in [7, 11) is 0. The van der Waals surface area contributed by atoms with Gasteiger partial charge < -0.3 is 19.9 Å². The van der Waals surface area contributed by atoms with Crippen LogP contribution in [0.15, 0.2) is 72.8 Å². The van der Waals surface area contributed by atoms with Gasteiger partial charge in [0.05, 0.1) is 0 Å². The first-order valence-electron chi connectivity index (χ1n) is 12.5. The van der Waals surface area contributed by atoms with Gasteiger partial charge in [-0.1, -0.05) is 72.8 Å². The Balaban J connectivity index is 1.82.